The van der Waals surface area contributed by atoms with Crippen LogP contribution in [0.15, 0.2) is 47.1 Å². The summed E-state index contributed by atoms with van der Waals surface area (Å²) < 4.78 is 10.5. The Morgan fingerprint density at radius 2 is 2.25 bits per heavy atom. The zero-order valence-corrected chi connectivity index (χ0v) is 11.4. The molecule has 1 fully saturated rings. The molecule has 0 radical (unpaired) electrons. The van der Waals surface area contributed by atoms with Crippen molar-refractivity contribution in [3.8, 4) is 5.75 Å². The van der Waals surface area contributed by atoms with Crippen LogP contribution in [0.25, 0.3) is 0 Å². The number of ether oxygens (including phenoxy) is 1. The van der Waals surface area contributed by atoms with Crippen LogP contribution in [0.2, 0.25) is 0 Å². The number of amides is 1. The molecule has 2 aromatic rings. The molecule has 1 aliphatic heterocycles. The molecule has 0 spiro atoms. The summed E-state index contributed by atoms with van der Waals surface area (Å²) in [7, 11) is 1.65. The van der Waals surface area contributed by atoms with Gasteiger partial charge in [-0.3, -0.25) is 4.79 Å². The lowest BCUT2D eigenvalue weighted by atomic mass is 10.0. The Hall–Kier alpha value is -2.23. The van der Waals surface area contributed by atoms with Gasteiger partial charge in [0, 0.05) is 6.54 Å². The van der Waals surface area contributed by atoms with E-state index in [1.807, 2.05) is 29.2 Å². The second kappa shape index (κ2) is 5.41. The number of carbonyl (C=O) groups excluding carboxylic acids is 1. The van der Waals surface area contributed by atoms with Crippen molar-refractivity contribution >= 4 is 5.91 Å². The lowest BCUT2D eigenvalue weighted by molar-refractivity contribution is 0.0703. The van der Waals surface area contributed by atoms with Gasteiger partial charge in [0.2, 0.25) is 0 Å². The molecule has 4 heteroatoms. The normalized spacial score (nSPS) is 18.2. The van der Waals surface area contributed by atoms with Gasteiger partial charge in [-0.05, 0) is 42.7 Å². The molecule has 1 aromatic heterocycles. The van der Waals surface area contributed by atoms with Gasteiger partial charge in [0.25, 0.3) is 5.91 Å². The van der Waals surface area contributed by atoms with Crippen LogP contribution >= 0.6 is 0 Å². The second-order valence-electron chi connectivity index (χ2n) is 4.91. The SMILES string of the molecule is COc1cccc(C2CCCN2C(=O)c2ccco2)c1. The predicted octanol–water partition coefficient (Wildman–Crippen LogP) is 3.27. The van der Waals surface area contributed by atoms with Gasteiger partial charge in [-0.25, -0.2) is 0 Å². The van der Waals surface area contributed by atoms with Crippen molar-refractivity contribution in [2.75, 3.05) is 13.7 Å². The molecule has 3 rings (SSSR count). The predicted molar refractivity (Wildman–Crippen MR) is 74.7 cm³/mol. The highest BCUT2D eigenvalue weighted by Gasteiger charge is 2.31. The summed E-state index contributed by atoms with van der Waals surface area (Å²) in [5.41, 5.74) is 1.11. The largest absolute Gasteiger partial charge is 0.497 e. The van der Waals surface area contributed by atoms with Crippen molar-refractivity contribution in [2.45, 2.75) is 18.9 Å². The summed E-state index contributed by atoms with van der Waals surface area (Å²) in [6, 6.07) is 11.5. The fraction of sp³-hybridized carbons (Fsp3) is 0.312. The van der Waals surface area contributed by atoms with E-state index in [2.05, 4.69) is 0 Å². The number of hydrogen-bond donors (Lipinski definition) is 0. The topological polar surface area (TPSA) is 42.7 Å². The van der Waals surface area contributed by atoms with E-state index < -0.39 is 0 Å². The molecular formula is C16H17NO3. The van der Waals surface area contributed by atoms with Crippen molar-refractivity contribution < 1.29 is 13.9 Å². The Morgan fingerprint density at radius 1 is 1.35 bits per heavy atom. The molecule has 1 aromatic carbocycles. The minimum atomic E-state index is -0.0414. The highest BCUT2D eigenvalue weighted by Crippen LogP contribution is 2.34. The Bertz CT molecular complexity index is 592. The van der Waals surface area contributed by atoms with Crippen LogP contribution in [0, 0.1) is 0 Å². The maximum atomic E-state index is 12.4. The van der Waals surface area contributed by atoms with E-state index in [-0.39, 0.29) is 11.9 Å². The average molecular weight is 271 g/mol. The highest BCUT2D eigenvalue weighted by molar-refractivity contribution is 5.92. The summed E-state index contributed by atoms with van der Waals surface area (Å²) in [5.74, 6) is 1.18. The minimum absolute atomic E-state index is 0.0414. The van der Waals surface area contributed by atoms with Gasteiger partial charge in [0.15, 0.2) is 5.76 Å². The fourth-order valence-corrected chi connectivity index (χ4v) is 2.75. The zero-order valence-electron chi connectivity index (χ0n) is 11.4. The summed E-state index contributed by atoms with van der Waals surface area (Å²) in [4.78, 5) is 14.3. The molecule has 1 amide bonds. The van der Waals surface area contributed by atoms with E-state index in [0.29, 0.717) is 5.76 Å². The molecule has 0 bridgehead atoms. The first-order valence-electron chi connectivity index (χ1n) is 6.78. The third-order valence-electron chi connectivity index (χ3n) is 3.72. The Morgan fingerprint density at radius 3 is 3.00 bits per heavy atom. The van der Waals surface area contributed by atoms with Crippen LogP contribution < -0.4 is 4.74 Å². The minimum Gasteiger partial charge on any atom is -0.497 e. The molecule has 2 heterocycles. The molecule has 0 N–H and O–H groups in total. The summed E-state index contributed by atoms with van der Waals surface area (Å²) in [5, 5.41) is 0. The van der Waals surface area contributed by atoms with Gasteiger partial charge in [-0.2, -0.15) is 0 Å². The quantitative estimate of drug-likeness (QED) is 0.860. The van der Waals surface area contributed by atoms with E-state index in [1.54, 1.807) is 19.2 Å². The fourth-order valence-electron chi connectivity index (χ4n) is 2.75. The molecule has 0 aliphatic carbocycles. The molecule has 20 heavy (non-hydrogen) atoms. The van der Waals surface area contributed by atoms with Crippen LogP contribution in [-0.4, -0.2) is 24.5 Å². The van der Waals surface area contributed by atoms with Crippen LogP contribution in [0.4, 0.5) is 0 Å². The van der Waals surface area contributed by atoms with Crippen LogP contribution in [0.3, 0.4) is 0 Å². The van der Waals surface area contributed by atoms with Crippen LogP contribution in [0.5, 0.6) is 5.75 Å². The van der Waals surface area contributed by atoms with E-state index in [0.717, 1.165) is 30.7 Å². The third kappa shape index (κ3) is 2.29. The van der Waals surface area contributed by atoms with Crippen LogP contribution in [0.1, 0.15) is 35.0 Å². The maximum absolute atomic E-state index is 12.4. The van der Waals surface area contributed by atoms with Gasteiger partial charge >= 0.3 is 0 Å². The number of rotatable bonds is 3. The lowest BCUT2D eigenvalue weighted by Crippen LogP contribution is -2.30. The molecule has 1 aliphatic rings. The first-order chi connectivity index (χ1) is 9.79. The number of hydrogen-bond acceptors (Lipinski definition) is 3. The van der Waals surface area contributed by atoms with Crippen LogP contribution in [-0.2, 0) is 0 Å². The Kier molecular flexibility index (Phi) is 3.46. The third-order valence-corrected chi connectivity index (χ3v) is 3.72. The zero-order chi connectivity index (χ0) is 13.9. The molecular weight excluding hydrogens is 254 g/mol. The first-order valence-corrected chi connectivity index (χ1v) is 6.78. The summed E-state index contributed by atoms with van der Waals surface area (Å²) in [6.07, 6.45) is 3.51. The monoisotopic (exact) mass is 271 g/mol. The maximum Gasteiger partial charge on any atom is 0.290 e. The number of benzene rings is 1. The van der Waals surface area contributed by atoms with Crippen molar-refractivity contribution in [1.82, 2.24) is 4.90 Å². The van der Waals surface area contributed by atoms with Crippen molar-refractivity contribution in [3.63, 3.8) is 0 Å². The summed E-state index contributed by atoms with van der Waals surface area (Å²) in [6.45, 7) is 0.765. The first kappa shape index (κ1) is 12.8. The lowest BCUT2D eigenvalue weighted by Gasteiger charge is -2.24. The number of furan rings is 1. The molecule has 104 valence electrons. The van der Waals surface area contributed by atoms with Crippen molar-refractivity contribution in [3.05, 3.63) is 54.0 Å². The molecule has 1 atom stereocenters. The van der Waals surface area contributed by atoms with Gasteiger partial charge in [-0.1, -0.05) is 12.1 Å². The molecule has 1 unspecified atom stereocenters. The number of nitrogens with zero attached hydrogens (tertiary/aromatic N) is 1. The molecule has 0 saturated carbocycles. The number of likely N-dealkylation sites (tertiary alicyclic amines) is 1. The second-order valence-corrected chi connectivity index (χ2v) is 4.91. The highest BCUT2D eigenvalue weighted by atomic mass is 16.5. The van der Waals surface area contributed by atoms with E-state index in [1.165, 1.54) is 6.26 Å². The van der Waals surface area contributed by atoms with E-state index >= 15 is 0 Å². The van der Waals surface area contributed by atoms with Gasteiger partial charge in [0.05, 0.1) is 19.4 Å². The van der Waals surface area contributed by atoms with Gasteiger partial charge in [-0.15, -0.1) is 0 Å². The van der Waals surface area contributed by atoms with E-state index in [9.17, 15) is 4.79 Å². The van der Waals surface area contributed by atoms with E-state index in [4.69, 9.17) is 9.15 Å². The number of methoxy groups -OCH3 is 1. The van der Waals surface area contributed by atoms with Gasteiger partial charge in [0.1, 0.15) is 5.75 Å². The smallest absolute Gasteiger partial charge is 0.290 e. The standard InChI is InChI=1S/C16H17NO3/c1-19-13-6-2-5-12(11-13)14-7-3-9-17(14)16(18)15-8-4-10-20-15/h2,4-6,8,10-11,14H,3,7,9H2,1H3. The Labute approximate surface area is 118 Å². The average Bonchev–Trinajstić information content (AvgIpc) is 3.17. The summed E-state index contributed by atoms with van der Waals surface area (Å²) >= 11 is 0. The molecule has 1 saturated heterocycles. The Balaban J connectivity index is 1.86. The van der Waals surface area contributed by atoms with Gasteiger partial charge < -0.3 is 14.1 Å². The number of carbonyl (C=O) groups is 1. The van der Waals surface area contributed by atoms with Crippen molar-refractivity contribution in [2.24, 2.45) is 0 Å². The van der Waals surface area contributed by atoms with Crippen molar-refractivity contribution in [1.29, 1.82) is 0 Å². The molecule has 4 nitrogen and oxygen atoms in total.